The second-order valence-corrected chi connectivity index (χ2v) is 7.44. The number of amides is 1. The molecule has 1 heterocycles. The predicted molar refractivity (Wildman–Crippen MR) is 116 cm³/mol. The minimum atomic E-state index is -0.314. The van der Waals surface area contributed by atoms with Crippen LogP contribution in [0.4, 0.5) is 5.69 Å². The van der Waals surface area contributed by atoms with Crippen LogP contribution in [0.1, 0.15) is 21.7 Å². The van der Waals surface area contributed by atoms with Crippen LogP contribution in [0.25, 0.3) is 0 Å². The van der Waals surface area contributed by atoms with Crippen LogP contribution in [0.3, 0.4) is 0 Å². The van der Waals surface area contributed by atoms with Gasteiger partial charge in [0.15, 0.2) is 16.7 Å². The fourth-order valence-corrected chi connectivity index (χ4v) is 3.79. The first-order valence-corrected chi connectivity index (χ1v) is 9.97. The van der Waals surface area contributed by atoms with E-state index in [1.54, 1.807) is 12.1 Å². The molecule has 0 saturated heterocycles. The van der Waals surface area contributed by atoms with Gasteiger partial charge in [0.05, 0.1) is 26.9 Å². The Labute approximate surface area is 179 Å². The van der Waals surface area contributed by atoms with E-state index in [2.05, 4.69) is 15.3 Å². The van der Waals surface area contributed by atoms with Gasteiger partial charge in [-0.2, -0.15) is 0 Å². The number of hydrogen-bond donors (Lipinski definition) is 1. The Morgan fingerprint density at radius 1 is 0.867 bits per heavy atom. The zero-order valence-electron chi connectivity index (χ0n) is 17.5. The molecule has 0 saturated carbocycles. The van der Waals surface area contributed by atoms with E-state index in [0.29, 0.717) is 33.7 Å². The highest BCUT2D eigenvalue weighted by molar-refractivity contribution is 7.99. The topological polar surface area (TPSA) is 82.6 Å². The molecule has 7 nitrogen and oxygen atoms in total. The minimum absolute atomic E-state index is 0.313. The monoisotopic (exact) mass is 425 g/mol. The number of ether oxygens (including phenoxy) is 3. The first-order valence-electron chi connectivity index (χ1n) is 9.15. The Morgan fingerprint density at radius 3 is 2.07 bits per heavy atom. The number of carbonyl (C=O) groups excluding carboxylic acids is 1. The van der Waals surface area contributed by atoms with Gasteiger partial charge in [0.25, 0.3) is 5.91 Å². The molecule has 3 rings (SSSR count). The predicted octanol–water partition coefficient (Wildman–Crippen LogP) is 4.52. The summed E-state index contributed by atoms with van der Waals surface area (Å²) in [7, 11) is 4.51. The molecule has 0 fully saturated rings. The Balaban J connectivity index is 1.76. The van der Waals surface area contributed by atoms with Crippen molar-refractivity contribution in [2.24, 2.45) is 0 Å². The fourth-order valence-electron chi connectivity index (χ4n) is 2.93. The van der Waals surface area contributed by atoms with Gasteiger partial charge in [-0.1, -0.05) is 0 Å². The smallest absolute Gasteiger partial charge is 0.259 e. The molecule has 1 aromatic heterocycles. The SMILES string of the molecule is COc1ccc(C(=O)Nc2ccc(Sc3nc(C)cc(C)n3)cc2)c(OC)c1OC. The van der Waals surface area contributed by atoms with Gasteiger partial charge >= 0.3 is 0 Å². The standard InChI is InChI=1S/C22H23N3O4S/c1-13-12-14(2)24-22(23-13)30-16-8-6-15(7-9-16)25-21(26)17-10-11-18(27-3)20(29-5)19(17)28-4/h6-12H,1-5H3,(H,25,26). The molecule has 156 valence electrons. The molecule has 0 radical (unpaired) electrons. The van der Waals surface area contributed by atoms with Crippen LogP contribution in [0.2, 0.25) is 0 Å². The van der Waals surface area contributed by atoms with Gasteiger partial charge in [-0.3, -0.25) is 4.79 Å². The molecule has 0 atom stereocenters. The van der Waals surface area contributed by atoms with E-state index in [-0.39, 0.29) is 5.91 Å². The first kappa shape index (κ1) is 21.4. The summed E-state index contributed by atoms with van der Waals surface area (Å²) >= 11 is 1.47. The molecule has 0 aliphatic rings. The number of carbonyl (C=O) groups is 1. The molecule has 1 N–H and O–H groups in total. The third-order valence-corrected chi connectivity index (χ3v) is 5.10. The van der Waals surface area contributed by atoms with Crippen LogP contribution in [0.5, 0.6) is 17.2 Å². The van der Waals surface area contributed by atoms with Crippen LogP contribution in [-0.4, -0.2) is 37.2 Å². The van der Waals surface area contributed by atoms with Gasteiger partial charge in [-0.05, 0) is 68.1 Å². The van der Waals surface area contributed by atoms with Crippen LogP contribution < -0.4 is 19.5 Å². The third-order valence-electron chi connectivity index (χ3n) is 4.23. The van der Waals surface area contributed by atoms with Crippen molar-refractivity contribution < 1.29 is 19.0 Å². The maximum Gasteiger partial charge on any atom is 0.259 e. The Kier molecular flexibility index (Phi) is 6.79. The van der Waals surface area contributed by atoms with Gasteiger partial charge < -0.3 is 19.5 Å². The average Bonchev–Trinajstić information content (AvgIpc) is 2.73. The van der Waals surface area contributed by atoms with Gasteiger partial charge in [-0.15, -0.1) is 0 Å². The van der Waals surface area contributed by atoms with Crippen molar-refractivity contribution in [1.29, 1.82) is 0 Å². The number of methoxy groups -OCH3 is 3. The maximum absolute atomic E-state index is 12.8. The largest absolute Gasteiger partial charge is 0.493 e. The lowest BCUT2D eigenvalue weighted by molar-refractivity contribution is 0.102. The summed E-state index contributed by atoms with van der Waals surface area (Å²) in [6.45, 7) is 3.89. The zero-order chi connectivity index (χ0) is 21.7. The molecule has 2 aromatic carbocycles. The molecule has 8 heteroatoms. The highest BCUT2D eigenvalue weighted by Gasteiger charge is 2.20. The van der Waals surface area contributed by atoms with E-state index in [1.807, 2.05) is 44.2 Å². The third kappa shape index (κ3) is 4.83. The lowest BCUT2D eigenvalue weighted by Gasteiger charge is -2.15. The molecule has 0 aliphatic carbocycles. The quantitative estimate of drug-likeness (QED) is 0.557. The molecular weight excluding hydrogens is 402 g/mol. The number of anilines is 1. The molecule has 3 aromatic rings. The number of nitrogens with zero attached hydrogens (tertiary/aromatic N) is 2. The van der Waals surface area contributed by atoms with Crippen molar-refractivity contribution in [3.8, 4) is 17.2 Å². The number of aryl methyl sites for hydroxylation is 2. The second kappa shape index (κ2) is 9.49. The van der Waals surface area contributed by atoms with Crippen LogP contribution in [0, 0.1) is 13.8 Å². The van der Waals surface area contributed by atoms with Gasteiger partial charge in [0.1, 0.15) is 0 Å². The summed E-state index contributed by atoms with van der Waals surface area (Å²) in [6.07, 6.45) is 0. The van der Waals surface area contributed by atoms with E-state index < -0.39 is 0 Å². The maximum atomic E-state index is 12.8. The van der Waals surface area contributed by atoms with E-state index in [9.17, 15) is 4.79 Å². The molecule has 0 spiro atoms. The number of nitrogens with one attached hydrogen (secondary N) is 1. The van der Waals surface area contributed by atoms with Gasteiger partial charge in [-0.25, -0.2) is 9.97 Å². The van der Waals surface area contributed by atoms with Crippen molar-refractivity contribution in [3.05, 3.63) is 59.4 Å². The van der Waals surface area contributed by atoms with E-state index in [0.717, 1.165) is 16.3 Å². The Hall–Kier alpha value is -3.26. The zero-order valence-corrected chi connectivity index (χ0v) is 18.3. The molecule has 1 amide bonds. The molecule has 0 unspecified atom stereocenters. The van der Waals surface area contributed by atoms with E-state index >= 15 is 0 Å². The minimum Gasteiger partial charge on any atom is -0.493 e. The van der Waals surface area contributed by atoms with Crippen molar-refractivity contribution in [1.82, 2.24) is 9.97 Å². The van der Waals surface area contributed by atoms with Crippen molar-refractivity contribution >= 4 is 23.4 Å². The first-order chi connectivity index (χ1) is 14.4. The summed E-state index contributed by atoms with van der Waals surface area (Å²) < 4.78 is 16.0. The summed E-state index contributed by atoms with van der Waals surface area (Å²) in [4.78, 5) is 22.6. The summed E-state index contributed by atoms with van der Waals surface area (Å²) in [5.41, 5.74) is 2.86. The van der Waals surface area contributed by atoms with E-state index in [1.165, 1.54) is 33.1 Å². The van der Waals surface area contributed by atoms with Crippen molar-refractivity contribution in [2.45, 2.75) is 23.9 Å². The molecule has 0 aliphatic heterocycles. The van der Waals surface area contributed by atoms with E-state index in [4.69, 9.17) is 14.2 Å². The highest BCUT2D eigenvalue weighted by Crippen LogP contribution is 2.40. The average molecular weight is 426 g/mol. The van der Waals surface area contributed by atoms with Gasteiger partial charge in [0, 0.05) is 22.0 Å². The van der Waals surface area contributed by atoms with Crippen LogP contribution >= 0.6 is 11.8 Å². The summed E-state index contributed by atoms with van der Waals surface area (Å²) in [5, 5.41) is 3.57. The highest BCUT2D eigenvalue weighted by atomic mass is 32.2. The number of hydrogen-bond acceptors (Lipinski definition) is 7. The molecule has 30 heavy (non-hydrogen) atoms. The normalized spacial score (nSPS) is 10.4. The number of aromatic nitrogens is 2. The lowest BCUT2D eigenvalue weighted by Crippen LogP contribution is -2.14. The fraction of sp³-hybridized carbons (Fsp3) is 0.227. The number of benzene rings is 2. The number of rotatable bonds is 7. The van der Waals surface area contributed by atoms with Crippen molar-refractivity contribution in [3.63, 3.8) is 0 Å². The van der Waals surface area contributed by atoms with Crippen molar-refractivity contribution in [2.75, 3.05) is 26.6 Å². The van der Waals surface area contributed by atoms with Gasteiger partial charge in [0.2, 0.25) is 5.75 Å². The second-order valence-electron chi connectivity index (χ2n) is 6.40. The summed E-state index contributed by atoms with van der Waals surface area (Å²) in [6, 6.07) is 12.7. The molecular formula is C22H23N3O4S. The van der Waals surface area contributed by atoms with Crippen LogP contribution in [-0.2, 0) is 0 Å². The van der Waals surface area contributed by atoms with Crippen LogP contribution in [0.15, 0.2) is 52.5 Å². The summed E-state index contributed by atoms with van der Waals surface area (Å²) in [5.74, 6) is 0.855. The lowest BCUT2D eigenvalue weighted by atomic mass is 10.1. The Morgan fingerprint density at radius 2 is 1.50 bits per heavy atom. The molecule has 0 bridgehead atoms. The Bertz CT molecular complexity index is 1030.